The number of aryl methyl sites for hydroxylation is 2. The molecule has 0 fully saturated rings. The van der Waals surface area contributed by atoms with Crippen LogP contribution in [0.25, 0.3) is 22.8 Å². The molecule has 23 heavy (non-hydrogen) atoms. The molecule has 2 aliphatic rings. The fourth-order valence-electron chi connectivity index (χ4n) is 2.53. The molecule has 0 radical (unpaired) electrons. The van der Waals surface area contributed by atoms with Crippen molar-refractivity contribution in [3.8, 4) is 22.8 Å². The highest BCUT2D eigenvalue weighted by molar-refractivity contribution is 7.16. The van der Waals surface area contributed by atoms with Gasteiger partial charge in [-0.15, -0.1) is 11.3 Å². The lowest BCUT2D eigenvalue weighted by atomic mass is 10.2. The summed E-state index contributed by atoms with van der Waals surface area (Å²) in [6, 6.07) is 16.1. The molecule has 5 heteroatoms. The van der Waals surface area contributed by atoms with Crippen molar-refractivity contribution in [3.05, 3.63) is 70.1 Å². The van der Waals surface area contributed by atoms with Crippen molar-refractivity contribution < 1.29 is 0 Å². The van der Waals surface area contributed by atoms with Crippen LogP contribution >= 0.6 is 22.9 Å². The topological polar surface area (TPSA) is 30.7 Å². The van der Waals surface area contributed by atoms with Crippen molar-refractivity contribution >= 4 is 22.9 Å². The summed E-state index contributed by atoms with van der Waals surface area (Å²) in [6.45, 7) is 0.903. The maximum Gasteiger partial charge on any atom is 0.160 e. The van der Waals surface area contributed by atoms with Crippen LogP contribution in [0.5, 0.6) is 0 Å². The molecule has 0 aliphatic carbocycles. The summed E-state index contributed by atoms with van der Waals surface area (Å²) >= 11 is 7.61. The SMILES string of the molecule is Clc1ccc(CCn2ccc3nc(-c4ccccc4)nc-3c2)s1. The number of nitrogens with zero attached hydrogens (tertiary/aromatic N) is 3. The maximum absolute atomic E-state index is 5.97. The van der Waals surface area contributed by atoms with Crippen LogP contribution in [0.4, 0.5) is 0 Å². The molecule has 0 N–H and O–H groups in total. The van der Waals surface area contributed by atoms with Gasteiger partial charge in [-0.1, -0.05) is 41.9 Å². The van der Waals surface area contributed by atoms with Gasteiger partial charge in [0, 0.05) is 29.4 Å². The van der Waals surface area contributed by atoms with Crippen LogP contribution in [0.3, 0.4) is 0 Å². The van der Waals surface area contributed by atoms with Gasteiger partial charge in [-0.2, -0.15) is 0 Å². The Labute approximate surface area is 143 Å². The molecule has 0 saturated heterocycles. The van der Waals surface area contributed by atoms with Crippen LogP contribution in [0.1, 0.15) is 4.88 Å². The van der Waals surface area contributed by atoms with Gasteiger partial charge in [-0.3, -0.25) is 0 Å². The third-order valence-corrected chi connectivity index (χ3v) is 5.00. The van der Waals surface area contributed by atoms with Crippen molar-refractivity contribution in [1.29, 1.82) is 0 Å². The van der Waals surface area contributed by atoms with E-state index in [1.54, 1.807) is 11.3 Å². The molecule has 4 rings (SSSR count). The summed E-state index contributed by atoms with van der Waals surface area (Å²) in [5.41, 5.74) is 2.90. The van der Waals surface area contributed by atoms with E-state index >= 15 is 0 Å². The van der Waals surface area contributed by atoms with Crippen LogP contribution in [0.15, 0.2) is 60.9 Å². The molecule has 0 bridgehead atoms. The summed E-state index contributed by atoms with van der Waals surface area (Å²) in [4.78, 5) is 10.6. The van der Waals surface area contributed by atoms with Gasteiger partial charge in [-0.25, -0.2) is 9.97 Å². The van der Waals surface area contributed by atoms with Gasteiger partial charge in [-0.05, 0) is 24.6 Å². The van der Waals surface area contributed by atoms with E-state index in [9.17, 15) is 0 Å². The highest BCUT2D eigenvalue weighted by Crippen LogP contribution is 2.25. The predicted molar refractivity (Wildman–Crippen MR) is 95.1 cm³/mol. The Kier molecular flexibility index (Phi) is 3.85. The van der Waals surface area contributed by atoms with Crippen LogP contribution < -0.4 is 0 Å². The second kappa shape index (κ2) is 6.14. The number of imidazole rings is 1. The van der Waals surface area contributed by atoms with Crippen LogP contribution in [0.2, 0.25) is 4.34 Å². The number of hydrogen-bond acceptors (Lipinski definition) is 3. The highest BCUT2D eigenvalue weighted by atomic mass is 35.5. The van der Waals surface area contributed by atoms with Gasteiger partial charge in [0.15, 0.2) is 5.82 Å². The molecule has 2 aromatic rings. The number of aromatic nitrogens is 3. The van der Waals surface area contributed by atoms with Gasteiger partial charge in [0.05, 0.1) is 10.0 Å². The molecule has 0 atom stereocenters. The largest absolute Gasteiger partial charge is 0.352 e. The molecule has 0 unspecified atom stereocenters. The van der Waals surface area contributed by atoms with Crippen molar-refractivity contribution in [2.24, 2.45) is 0 Å². The van der Waals surface area contributed by atoms with E-state index < -0.39 is 0 Å². The van der Waals surface area contributed by atoms with Gasteiger partial charge < -0.3 is 4.57 Å². The van der Waals surface area contributed by atoms with Crippen LogP contribution in [-0.4, -0.2) is 14.5 Å². The number of hydrogen-bond donors (Lipinski definition) is 0. The quantitative estimate of drug-likeness (QED) is 0.523. The molecule has 2 aliphatic heterocycles. The van der Waals surface area contributed by atoms with Crippen molar-refractivity contribution in [3.63, 3.8) is 0 Å². The Bertz CT molecular complexity index is 898. The lowest BCUT2D eigenvalue weighted by Gasteiger charge is -2.06. The molecule has 3 nitrogen and oxygen atoms in total. The minimum absolute atomic E-state index is 0.781. The van der Waals surface area contributed by atoms with Gasteiger partial charge in [0.1, 0.15) is 5.69 Å². The second-order valence-electron chi connectivity index (χ2n) is 5.32. The summed E-state index contributed by atoms with van der Waals surface area (Å²) in [5.74, 6) is 0.781. The number of rotatable bonds is 4. The third kappa shape index (κ3) is 3.14. The number of halogens is 1. The average Bonchev–Trinajstić information content (AvgIpc) is 3.19. The first kappa shape index (κ1) is 14.4. The monoisotopic (exact) mass is 339 g/mol. The molecule has 0 amide bonds. The lowest BCUT2D eigenvalue weighted by molar-refractivity contribution is 0.696. The molecule has 1 aromatic carbocycles. The van der Waals surface area contributed by atoms with Crippen LogP contribution in [-0.2, 0) is 13.0 Å². The van der Waals surface area contributed by atoms with Gasteiger partial charge in [0.2, 0.25) is 0 Å². The van der Waals surface area contributed by atoms with Crippen molar-refractivity contribution in [1.82, 2.24) is 14.5 Å². The summed E-state index contributed by atoms with van der Waals surface area (Å²) in [7, 11) is 0. The number of thiophene rings is 1. The Morgan fingerprint density at radius 3 is 2.57 bits per heavy atom. The Hall–Kier alpha value is -2.17. The second-order valence-corrected chi connectivity index (χ2v) is 7.12. The van der Waals surface area contributed by atoms with E-state index in [0.29, 0.717) is 0 Å². The van der Waals surface area contributed by atoms with Crippen molar-refractivity contribution in [2.75, 3.05) is 0 Å². The number of pyridine rings is 1. The lowest BCUT2D eigenvalue weighted by Crippen LogP contribution is -2.01. The van der Waals surface area contributed by atoms with E-state index in [1.165, 1.54) is 4.88 Å². The predicted octanol–water partition coefficient (Wildman–Crippen LogP) is 5.01. The summed E-state index contributed by atoms with van der Waals surface area (Å²) < 4.78 is 2.99. The molecule has 0 spiro atoms. The first-order valence-corrected chi connectivity index (χ1v) is 8.60. The normalized spacial score (nSPS) is 11.2. The van der Waals surface area contributed by atoms with Gasteiger partial charge in [0.25, 0.3) is 0 Å². The minimum atomic E-state index is 0.781. The molecular weight excluding hydrogens is 326 g/mol. The van der Waals surface area contributed by atoms with E-state index in [-0.39, 0.29) is 0 Å². The number of benzene rings is 1. The van der Waals surface area contributed by atoms with E-state index in [2.05, 4.69) is 33.0 Å². The Morgan fingerprint density at radius 1 is 0.957 bits per heavy atom. The summed E-state index contributed by atoms with van der Waals surface area (Å²) in [6.07, 6.45) is 5.08. The smallest absolute Gasteiger partial charge is 0.160 e. The number of fused-ring (bicyclic) bond motifs is 1. The minimum Gasteiger partial charge on any atom is -0.352 e. The average molecular weight is 340 g/mol. The zero-order valence-corrected chi connectivity index (χ0v) is 13.9. The van der Waals surface area contributed by atoms with E-state index in [0.717, 1.165) is 40.1 Å². The maximum atomic E-state index is 5.97. The highest BCUT2D eigenvalue weighted by Gasteiger charge is 2.12. The van der Waals surface area contributed by atoms with Crippen LogP contribution in [0, 0.1) is 0 Å². The molecule has 1 aromatic heterocycles. The first-order valence-electron chi connectivity index (χ1n) is 7.41. The van der Waals surface area contributed by atoms with Crippen molar-refractivity contribution in [2.45, 2.75) is 13.0 Å². The van der Waals surface area contributed by atoms with Gasteiger partial charge >= 0.3 is 0 Å². The molecule has 114 valence electrons. The molecular formula is C18H14ClN3S. The third-order valence-electron chi connectivity index (χ3n) is 3.70. The fourth-order valence-corrected chi connectivity index (χ4v) is 3.61. The van der Waals surface area contributed by atoms with E-state index in [1.807, 2.05) is 42.5 Å². The Morgan fingerprint density at radius 2 is 1.78 bits per heavy atom. The molecule has 0 saturated carbocycles. The standard InChI is InChI=1S/C18H14ClN3S/c19-17-7-6-14(23-17)8-10-22-11-9-15-16(12-22)21-18(20-15)13-4-2-1-3-5-13/h1-7,9,11-12H,8,10H2. The zero-order valence-electron chi connectivity index (χ0n) is 12.3. The fraction of sp³-hybridized carbons (Fsp3) is 0.111. The first-order chi connectivity index (χ1) is 11.3. The molecule has 3 heterocycles. The summed E-state index contributed by atoms with van der Waals surface area (Å²) in [5, 5.41) is 0. The Balaban J connectivity index is 1.57. The van der Waals surface area contributed by atoms with E-state index in [4.69, 9.17) is 11.6 Å². The zero-order chi connectivity index (χ0) is 15.6.